The molecule has 2 N–H and O–H groups in total. The Labute approximate surface area is 93.8 Å². The second-order valence-corrected chi connectivity index (χ2v) is 3.31. The van der Waals surface area contributed by atoms with Crippen molar-refractivity contribution in [1.82, 2.24) is 0 Å². The lowest BCUT2D eigenvalue weighted by molar-refractivity contribution is -0.178. The van der Waals surface area contributed by atoms with Gasteiger partial charge >= 0.3 is 5.97 Å². The van der Waals surface area contributed by atoms with Crippen LogP contribution in [-0.4, -0.2) is 28.6 Å². The van der Waals surface area contributed by atoms with Crippen molar-refractivity contribution in [2.75, 3.05) is 0 Å². The number of carbonyl (C=O) groups is 1. The molecule has 4 heteroatoms. The molecule has 0 aliphatic heterocycles. The van der Waals surface area contributed by atoms with Gasteiger partial charge in [0.05, 0.1) is 0 Å². The predicted octanol–water partition coefficient (Wildman–Crippen LogP) is 0.942. The second-order valence-electron chi connectivity index (χ2n) is 3.31. The SMILES string of the molecule is CC(O)C(O)OC(=O)/C=C/c1ccccc1. The van der Waals surface area contributed by atoms with E-state index in [0.29, 0.717) is 0 Å². The zero-order chi connectivity index (χ0) is 12.0. The van der Waals surface area contributed by atoms with Crippen LogP contribution in [-0.2, 0) is 9.53 Å². The summed E-state index contributed by atoms with van der Waals surface area (Å²) in [6.07, 6.45) is 0.167. The molecule has 1 aromatic rings. The summed E-state index contributed by atoms with van der Waals surface area (Å²) in [5, 5.41) is 18.0. The third-order valence-electron chi connectivity index (χ3n) is 1.86. The molecule has 0 aromatic heterocycles. The largest absolute Gasteiger partial charge is 0.430 e. The van der Waals surface area contributed by atoms with Crippen molar-refractivity contribution in [3.8, 4) is 0 Å². The van der Waals surface area contributed by atoms with Gasteiger partial charge in [0, 0.05) is 6.08 Å². The Morgan fingerprint density at radius 2 is 1.94 bits per heavy atom. The molecule has 0 saturated heterocycles. The lowest BCUT2D eigenvalue weighted by Gasteiger charge is -2.12. The van der Waals surface area contributed by atoms with Gasteiger partial charge in [-0.3, -0.25) is 0 Å². The molecule has 16 heavy (non-hydrogen) atoms. The Kier molecular flexibility index (Phi) is 4.69. The van der Waals surface area contributed by atoms with Crippen LogP contribution >= 0.6 is 0 Å². The summed E-state index contributed by atoms with van der Waals surface area (Å²) in [6, 6.07) is 9.21. The Hall–Kier alpha value is -1.65. The zero-order valence-electron chi connectivity index (χ0n) is 8.91. The summed E-state index contributed by atoms with van der Waals surface area (Å²) >= 11 is 0. The molecular formula is C12H14O4. The van der Waals surface area contributed by atoms with E-state index in [2.05, 4.69) is 4.74 Å². The minimum Gasteiger partial charge on any atom is -0.430 e. The smallest absolute Gasteiger partial charge is 0.333 e. The Morgan fingerprint density at radius 1 is 1.31 bits per heavy atom. The molecule has 0 spiro atoms. The van der Waals surface area contributed by atoms with E-state index in [1.165, 1.54) is 13.0 Å². The van der Waals surface area contributed by atoms with Gasteiger partial charge in [-0.15, -0.1) is 0 Å². The highest BCUT2D eigenvalue weighted by molar-refractivity contribution is 5.87. The third-order valence-corrected chi connectivity index (χ3v) is 1.86. The fraction of sp³-hybridized carbons (Fsp3) is 0.250. The Balaban J connectivity index is 2.49. The summed E-state index contributed by atoms with van der Waals surface area (Å²) in [4.78, 5) is 11.2. The van der Waals surface area contributed by atoms with E-state index in [1.807, 2.05) is 30.3 Å². The van der Waals surface area contributed by atoms with Crippen molar-refractivity contribution in [2.24, 2.45) is 0 Å². The van der Waals surface area contributed by atoms with Crippen LogP contribution in [0.4, 0.5) is 0 Å². The fourth-order valence-electron chi connectivity index (χ4n) is 0.985. The summed E-state index contributed by atoms with van der Waals surface area (Å²) in [5.74, 6) is -0.697. The molecule has 2 atom stereocenters. The minimum absolute atomic E-state index is 0.697. The molecule has 0 saturated carbocycles. The van der Waals surface area contributed by atoms with Gasteiger partial charge in [0.1, 0.15) is 6.10 Å². The van der Waals surface area contributed by atoms with Crippen LogP contribution in [0.2, 0.25) is 0 Å². The van der Waals surface area contributed by atoms with Gasteiger partial charge in [0.15, 0.2) is 0 Å². The van der Waals surface area contributed by atoms with Crippen LogP contribution < -0.4 is 0 Å². The number of rotatable bonds is 4. The predicted molar refractivity (Wildman–Crippen MR) is 59.3 cm³/mol. The highest BCUT2D eigenvalue weighted by Crippen LogP contribution is 2.02. The number of hydrogen-bond donors (Lipinski definition) is 2. The van der Waals surface area contributed by atoms with E-state index >= 15 is 0 Å². The molecule has 1 rings (SSSR count). The maximum Gasteiger partial charge on any atom is 0.333 e. The fourth-order valence-corrected chi connectivity index (χ4v) is 0.985. The average Bonchev–Trinajstić information content (AvgIpc) is 2.27. The standard InChI is InChI=1S/C12H14O4/c1-9(13)12(15)16-11(14)8-7-10-5-3-2-4-6-10/h2-9,12-13,15H,1H3/b8-7+. The van der Waals surface area contributed by atoms with E-state index in [9.17, 15) is 4.79 Å². The first kappa shape index (κ1) is 12.4. The first-order valence-corrected chi connectivity index (χ1v) is 4.89. The quantitative estimate of drug-likeness (QED) is 0.452. The summed E-state index contributed by atoms with van der Waals surface area (Å²) in [6.45, 7) is 1.33. The molecule has 0 aliphatic carbocycles. The van der Waals surface area contributed by atoms with Crippen LogP contribution in [0.15, 0.2) is 36.4 Å². The normalized spacial score (nSPS) is 14.7. The van der Waals surface area contributed by atoms with Crippen molar-refractivity contribution < 1.29 is 19.7 Å². The summed E-state index contributed by atoms with van der Waals surface area (Å²) < 4.78 is 4.51. The zero-order valence-corrected chi connectivity index (χ0v) is 8.91. The molecule has 0 radical (unpaired) electrons. The maximum absolute atomic E-state index is 11.2. The van der Waals surface area contributed by atoms with E-state index in [0.717, 1.165) is 5.56 Å². The number of aliphatic hydroxyl groups is 2. The van der Waals surface area contributed by atoms with Crippen molar-refractivity contribution in [3.63, 3.8) is 0 Å². The van der Waals surface area contributed by atoms with Gasteiger partial charge in [-0.25, -0.2) is 4.79 Å². The number of ether oxygens (including phenoxy) is 1. The number of benzene rings is 1. The topological polar surface area (TPSA) is 66.8 Å². The summed E-state index contributed by atoms with van der Waals surface area (Å²) in [5.41, 5.74) is 0.853. The van der Waals surface area contributed by atoms with Crippen molar-refractivity contribution in [2.45, 2.75) is 19.3 Å². The Morgan fingerprint density at radius 3 is 2.50 bits per heavy atom. The van der Waals surface area contributed by atoms with Crippen LogP contribution in [0.1, 0.15) is 12.5 Å². The highest BCUT2D eigenvalue weighted by Gasteiger charge is 2.13. The van der Waals surface area contributed by atoms with Crippen LogP contribution in [0.3, 0.4) is 0 Å². The highest BCUT2D eigenvalue weighted by atomic mass is 16.6. The molecule has 0 bridgehead atoms. The Bertz CT molecular complexity index is 357. The number of carbonyl (C=O) groups excluding carboxylic acids is 1. The number of esters is 1. The first-order chi connectivity index (χ1) is 7.59. The molecular weight excluding hydrogens is 208 g/mol. The van der Waals surface area contributed by atoms with Gasteiger partial charge in [0.25, 0.3) is 0 Å². The van der Waals surface area contributed by atoms with Gasteiger partial charge in [-0.1, -0.05) is 30.3 Å². The van der Waals surface area contributed by atoms with Crippen LogP contribution in [0.25, 0.3) is 6.08 Å². The van der Waals surface area contributed by atoms with Gasteiger partial charge < -0.3 is 14.9 Å². The van der Waals surface area contributed by atoms with E-state index in [1.54, 1.807) is 6.08 Å². The third kappa shape index (κ3) is 4.25. The van der Waals surface area contributed by atoms with Gasteiger partial charge in [-0.2, -0.15) is 0 Å². The van der Waals surface area contributed by atoms with E-state index < -0.39 is 18.4 Å². The number of hydrogen-bond acceptors (Lipinski definition) is 4. The van der Waals surface area contributed by atoms with Gasteiger partial charge in [0.2, 0.25) is 6.29 Å². The lowest BCUT2D eigenvalue weighted by Crippen LogP contribution is -2.27. The van der Waals surface area contributed by atoms with Crippen molar-refractivity contribution in [3.05, 3.63) is 42.0 Å². The molecule has 0 amide bonds. The van der Waals surface area contributed by atoms with Crippen LogP contribution in [0.5, 0.6) is 0 Å². The monoisotopic (exact) mass is 222 g/mol. The van der Waals surface area contributed by atoms with Crippen molar-refractivity contribution in [1.29, 1.82) is 0 Å². The molecule has 0 heterocycles. The minimum atomic E-state index is -1.49. The molecule has 0 fully saturated rings. The molecule has 0 aliphatic rings. The van der Waals surface area contributed by atoms with E-state index in [4.69, 9.17) is 10.2 Å². The van der Waals surface area contributed by atoms with Crippen LogP contribution in [0, 0.1) is 0 Å². The lowest BCUT2D eigenvalue weighted by atomic mass is 10.2. The second kappa shape index (κ2) is 6.05. The molecule has 1 aromatic carbocycles. The molecule has 4 nitrogen and oxygen atoms in total. The average molecular weight is 222 g/mol. The number of aliphatic hydroxyl groups excluding tert-OH is 2. The maximum atomic E-state index is 11.2. The first-order valence-electron chi connectivity index (χ1n) is 4.89. The summed E-state index contributed by atoms with van der Waals surface area (Å²) in [7, 11) is 0. The van der Waals surface area contributed by atoms with E-state index in [-0.39, 0.29) is 0 Å². The van der Waals surface area contributed by atoms with Gasteiger partial charge in [-0.05, 0) is 18.6 Å². The van der Waals surface area contributed by atoms with Crippen molar-refractivity contribution >= 4 is 12.0 Å². The molecule has 86 valence electrons. The molecule has 2 unspecified atom stereocenters.